The number of ether oxygens (including phenoxy) is 4. The SMILES string of the molecule is CCCCCC/C=C\C=C/CCCCCCCC(=O)O[C@H](COC(=O)CCCCCCCCCCCCCCC)COP(=O)(O)OC[C@H](O)COP(=O)(O)OC[C@@H](COC(=O)CCCCCCCCCCCCCCCCCCC(C)C)OC(=O)CCCCCCCCCCCCCCCCCCCCCC. The predicted octanol–water partition coefficient (Wildman–Crippen LogP) is 26.7. The Kier molecular flexibility index (Phi) is 78.3. The molecule has 107 heavy (non-hydrogen) atoms. The van der Waals surface area contributed by atoms with Crippen LogP contribution >= 0.6 is 15.6 Å². The van der Waals surface area contributed by atoms with Gasteiger partial charge in [0.1, 0.15) is 19.3 Å². The van der Waals surface area contributed by atoms with Gasteiger partial charge >= 0.3 is 39.5 Å². The van der Waals surface area contributed by atoms with E-state index in [2.05, 4.69) is 58.9 Å². The molecule has 0 aromatic heterocycles. The highest BCUT2D eigenvalue weighted by atomic mass is 31.2. The third-order valence-corrected chi connectivity index (χ3v) is 22.1. The zero-order valence-electron chi connectivity index (χ0n) is 69.8. The number of allylic oxidation sites excluding steroid dienone is 4. The number of unbranched alkanes of at least 4 members (excludes halogenated alkanes) is 55. The standard InChI is InChI=1S/C88H168O17P2/c1-6-9-12-15-18-21-24-27-29-30-31-32-33-39-44-49-54-59-64-69-74-88(93)105-84(78-99-86(91)72-67-62-57-52-47-42-38-35-34-37-41-45-50-55-60-65-70-81(4)5)80-103-107(96,97)101-76-82(89)75-100-106(94,95)102-79-83(77-98-85(90)71-66-61-56-51-46-40-26-23-20-17-14-11-8-3)104-87(92)73-68-63-58-53-48-43-36-28-25-22-19-16-13-10-7-2/h22,25,28,36,81-84,89H,6-21,23-24,26-27,29-35,37-80H2,1-5H3,(H,94,95)(H,96,97)/b25-22-,36-28-/t82-,83+,84+/m0/s1. The van der Waals surface area contributed by atoms with Gasteiger partial charge in [0.25, 0.3) is 0 Å². The van der Waals surface area contributed by atoms with E-state index in [1.54, 1.807) is 0 Å². The number of hydrogen-bond donors (Lipinski definition) is 3. The first-order valence-corrected chi connectivity index (χ1v) is 47.9. The quantitative estimate of drug-likeness (QED) is 0.0169. The van der Waals surface area contributed by atoms with Crippen LogP contribution in [0.1, 0.15) is 452 Å². The fraction of sp³-hybridized carbons (Fsp3) is 0.909. The van der Waals surface area contributed by atoms with Gasteiger partial charge in [0.05, 0.1) is 26.4 Å². The van der Waals surface area contributed by atoms with Gasteiger partial charge < -0.3 is 33.8 Å². The van der Waals surface area contributed by atoms with Crippen molar-refractivity contribution in [2.75, 3.05) is 39.6 Å². The van der Waals surface area contributed by atoms with Gasteiger partial charge in [-0.05, 0) is 57.3 Å². The number of carbonyl (C=O) groups excluding carboxylic acids is 4. The van der Waals surface area contributed by atoms with Gasteiger partial charge in [0, 0.05) is 25.7 Å². The van der Waals surface area contributed by atoms with Crippen LogP contribution in [0.15, 0.2) is 24.3 Å². The van der Waals surface area contributed by atoms with Crippen LogP contribution in [0.3, 0.4) is 0 Å². The molecule has 3 N–H and O–H groups in total. The summed E-state index contributed by atoms with van der Waals surface area (Å²) in [5.74, 6) is -1.32. The second kappa shape index (κ2) is 80.2. The lowest BCUT2D eigenvalue weighted by molar-refractivity contribution is -0.161. The molecule has 0 aromatic carbocycles. The number of carbonyl (C=O) groups is 4. The maximum absolute atomic E-state index is 13.2. The molecule has 0 rings (SSSR count). The topological polar surface area (TPSA) is 237 Å². The van der Waals surface area contributed by atoms with E-state index < -0.39 is 97.5 Å². The van der Waals surface area contributed by atoms with E-state index in [1.807, 2.05) is 0 Å². The van der Waals surface area contributed by atoms with E-state index in [1.165, 1.54) is 263 Å². The number of aliphatic hydroxyl groups excluding tert-OH is 1. The van der Waals surface area contributed by atoms with Crippen molar-refractivity contribution in [2.45, 2.75) is 470 Å². The largest absolute Gasteiger partial charge is 0.472 e. The first-order chi connectivity index (χ1) is 52.0. The summed E-state index contributed by atoms with van der Waals surface area (Å²) >= 11 is 0. The van der Waals surface area contributed by atoms with Gasteiger partial charge in [-0.1, -0.05) is 399 Å². The van der Waals surface area contributed by atoms with Crippen LogP contribution in [0.25, 0.3) is 0 Å². The van der Waals surface area contributed by atoms with Crippen LogP contribution in [0.5, 0.6) is 0 Å². The molecule has 632 valence electrons. The summed E-state index contributed by atoms with van der Waals surface area (Å²) in [5.41, 5.74) is 0. The Labute approximate surface area is 656 Å². The van der Waals surface area contributed by atoms with Gasteiger partial charge in [0.2, 0.25) is 0 Å². The number of phosphoric acid groups is 2. The fourth-order valence-corrected chi connectivity index (χ4v) is 14.9. The molecule has 0 fully saturated rings. The average molecular weight is 1560 g/mol. The molecule has 0 aliphatic rings. The van der Waals surface area contributed by atoms with Gasteiger partial charge in [-0.25, -0.2) is 9.13 Å². The molecule has 0 amide bonds. The number of aliphatic hydroxyl groups is 1. The summed E-state index contributed by atoms with van der Waals surface area (Å²) in [6, 6.07) is 0. The number of phosphoric ester groups is 2. The molecule has 0 aliphatic carbocycles. The molecule has 0 aliphatic heterocycles. The van der Waals surface area contributed by atoms with Crippen LogP contribution in [0.4, 0.5) is 0 Å². The monoisotopic (exact) mass is 1560 g/mol. The van der Waals surface area contributed by atoms with Crippen molar-refractivity contribution in [2.24, 2.45) is 5.92 Å². The summed E-state index contributed by atoms with van der Waals surface area (Å²) in [6.07, 6.45) is 77.1. The highest BCUT2D eigenvalue weighted by molar-refractivity contribution is 7.47. The van der Waals surface area contributed by atoms with Crippen LogP contribution in [0, 0.1) is 5.92 Å². The van der Waals surface area contributed by atoms with Crippen molar-refractivity contribution >= 4 is 39.5 Å². The summed E-state index contributed by atoms with van der Waals surface area (Å²) in [6.45, 7) is 7.34. The molecule has 5 atom stereocenters. The summed E-state index contributed by atoms with van der Waals surface area (Å²) < 4.78 is 68.9. The average Bonchev–Trinajstić information content (AvgIpc) is 0.910. The highest BCUT2D eigenvalue weighted by Crippen LogP contribution is 2.45. The molecule has 0 bridgehead atoms. The molecule has 0 radical (unpaired) electrons. The van der Waals surface area contributed by atoms with E-state index in [4.69, 9.17) is 37.0 Å². The van der Waals surface area contributed by atoms with Gasteiger partial charge in [-0.2, -0.15) is 0 Å². The van der Waals surface area contributed by atoms with E-state index in [0.717, 1.165) is 109 Å². The molecule has 0 spiro atoms. The van der Waals surface area contributed by atoms with Gasteiger partial charge in [0.15, 0.2) is 12.2 Å². The van der Waals surface area contributed by atoms with Crippen molar-refractivity contribution < 1.29 is 80.2 Å². The molecule has 17 nitrogen and oxygen atoms in total. The van der Waals surface area contributed by atoms with Gasteiger partial charge in [-0.15, -0.1) is 0 Å². The third kappa shape index (κ3) is 81.4. The second-order valence-corrected chi connectivity index (χ2v) is 34.3. The maximum Gasteiger partial charge on any atom is 0.472 e. The Hall–Kier alpha value is -2.46. The predicted molar refractivity (Wildman–Crippen MR) is 441 cm³/mol. The zero-order chi connectivity index (χ0) is 78.3. The zero-order valence-corrected chi connectivity index (χ0v) is 71.6. The summed E-state index contributed by atoms with van der Waals surface area (Å²) in [5, 5.41) is 10.7. The van der Waals surface area contributed by atoms with Crippen LogP contribution < -0.4 is 0 Å². The van der Waals surface area contributed by atoms with Crippen molar-refractivity contribution in [3.05, 3.63) is 24.3 Å². The minimum absolute atomic E-state index is 0.0860. The van der Waals surface area contributed by atoms with E-state index in [9.17, 15) is 43.2 Å². The molecule has 0 heterocycles. The minimum atomic E-state index is -4.97. The lowest BCUT2D eigenvalue weighted by Gasteiger charge is -2.21. The Morgan fingerprint density at radius 2 is 0.505 bits per heavy atom. The second-order valence-electron chi connectivity index (χ2n) is 31.4. The Morgan fingerprint density at radius 1 is 0.290 bits per heavy atom. The van der Waals surface area contributed by atoms with Crippen LogP contribution in [-0.4, -0.2) is 96.7 Å². The number of hydrogen-bond acceptors (Lipinski definition) is 15. The number of esters is 4. The fourth-order valence-electron chi connectivity index (χ4n) is 13.3. The summed E-state index contributed by atoms with van der Waals surface area (Å²) in [4.78, 5) is 73.3. The highest BCUT2D eigenvalue weighted by Gasteiger charge is 2.30. The smallest absolute Gasteiger partial charge is 0.462 e. The van der Waals surface area contributed by atoms with E-state index >= 15 is 0 Å². The number of rotatable bonds is 86. The van der Waals surface area contributed by atoms with E-state index in [0.29, 0.717) is 25.7 Å². The van der Waals surface area contributed by atoms with Gasteiger partial charge in [-0.3, -0.25) is 37.3 Å². The first-order valence-electron chi connectivity index (χ1n) is 45.0. The van der Waals surface area contributed by atoms with Crippen molar-refractivity contribution in [3.63, 3.8) is 0 Å². The molecular weight excluding hydrogens is 1390 g/mol. The third-order valence-electron chi connectivity index (χ3n) is 20.2. The van der Waals surface area contributed by atoms with Crippen LogP contribution in [-0.2, 0) is 65.4 Å². The normalized spacial score (nSPS) is 13.9. The molecule has 0 saturated carbocycles. The Bertz CT molecular complexity index is 2130. The molecule has 19 heteroatoms. The van der Waals surface area contributed by atoms with Crippen molar-refractivity contribution in [1.82, 2.24) is 0 Å². The first kappa shape index (κ1) is 105. The van der Waals surface area contributed by atoms with Crippen LogP contribution in [0.2, 0.25) is 0 Å². The Morgan fingerprint density at radius 3 is 0.766 bits per heavy atom. The molecule has 0 saturated heterocycles. The molecule has 0 aromatic rings. The maximum atomic E-state index is 13.2. The van der Waals surface area contributed by atoms with Crippen molar-refractivity contribution in [1.29, 1.82) is 0 Å². The molecule has 2 unspecified atom stereocenters. The lowest BCUT2D eigenvalue weighted by Crippen LogP contribution is -2.30. The summed E-state index contributed by atoms with van der Waals surface area (Å²) in [7, 11) is -9.94. The lowest BCUT2D eigenvalue weighted by atomic mass is 10.0. The molecular formula is C88H168O17P2. The minimum Gasteiger partial charge on any atom is -0.462 e. The van der Waals surface area contributed by atoms with E-state index in [-0.39, 0.29) is 25.7 Å². The van der Waals surface area contributed by atoms with Crippen molar-refractivity contribution in [3.8, 4) is 0 Å². The Balaban J connectivity index is 5.28.